The summed E-state index contributed by atoms with van der Waals surface area (Å²) >= 11 is 11.9. The number of methoxy groups -OCH3 is 1. The van der Waals surface area contributed by atoms with Crippen molar-refractivity contribution in [1.29, 1.82) is 0 Å². The Hall–Kier alpha value is -2.90. The molecule has 0 bridgehead atoms. The van der Waals surface area contributed by atoms with Gasteiger partial charge in [0.2, 0.25) is 11.8 Å². The molecule has 0 radical (unpaired) electrons. The zero-order valence-electron chi connectivity index (χ0n) is 15.3. The van der Waals surface area contributed by atoms with Crippen LogP contribution in [-0.4, -0.2) is 35.7 Å². The van der Waals surface area contributed by atoms with E-state index in [4.69, 9.17) is 33.7 Å². The quantitative estimate of drug-likeness (QED) is 0.574. The minimum absolute atomic E-state index is 0.0483. The summed E-state index contributed by atoms with van der Waals surface area (Å²) in [7, 11) is 1.19. The Morgan fingerprint density at radius 2 is 1.86 bits per heavy atom. The predicted molar refractivity (Wildman–Crippen MR) is 106 cm³/mol. The average molecular weight is 435 g/mol. The number of nitrogens with two attached hydrogens (primary N) is 1. The minimum Gasteiger partial charge on any atom is -0.465 e. The first kappa shape index (κ1) is 20.8. The minimum atomic E-state index is -1.08. The van der Waals surface area contributed by atoms with Gasteiger partial charge < -0.3 is 10.5 Å². The second-order valence-corrected chi connectivity index (χ2v) is 7.27. The van der Waals surface area contributed by atoms with Crippen LogP contribution < -0.4 is 5.73 Å². The van der Waals surface area contributed by atoms with Gasteiger partial charge >= 0.3 is 5.97 Å². The number of benzene rings is 2. The van der Waals surface area contributed by atoms with E-state index in [0.29, 0.717) is 10.6 Å². The Labute approximate surface area is 176 Å². The number of esters is 1. The molecule has 0 saturated carbocycles. The van der Waals surface area contributed by atoms with Gasteiger partial charge in [-0.1, -0.05) is 35.3 Å². The van der Waals surface area contributed by atoms with Crippen molar-refractivity contribution < 1.29 is 23.9 Å². The summed E-state index contributed by atoms with van der Waals surface area (Å²) in [4.78, 5) is 51.0. The number of halogens is 2. The number of ether oxygens (including phenoxy) is 1. The summed E-state index contributed by atoms with van der Waals surface area (Å²) in [6, 6.07) is 9.19. The number of primary amides is 1. The van der Waals surface area contributed by atoms with Crippen molar-refractivity contribution in [2.24, 2.45) is 5.73 Å². The number of nitrogens with zero attached hydrogens (tertiary/aromatic N) is 1. The van der Waals surface area contributed by atoms with Crippen molar-refractivity contribution in [3.05, 3.63) is 68.7 Å². The number of hydrogen-bond donors (Lipinski definition) is 1. The zero-order chi connectivity index (χ0) is 21.3. The zero-order valence-corrected chi connectivity index (χ0v) is 16.8. The Bertz CT molecular complexity index is 1040. The fourth-order valence-corrected chi connectivity index (χ4v) is 3.65. The van der Waals surface area contributed by atoms with Crippen LogP contribution in [0.1, 0.15) is 44.2 Å². The molecule has 1 aliphatic heterocycles. The van der Waals surface area contributed by atoms with E-state index in [1.807, 2.05) is 0 Å². The Balaban J connectivity index is 2.10. The van der Waals surface area contributed by atoms with Gasteiger partial charge in [-0.05, 0) is 35.4 Å². The first-order valence-electron chi connectivity index (χ1n) is 8.53. The fourth-order valence-electron chi connectivity index (χ4n) is 3.33. The van der Waals surface area contributed by atoms with Gasteiger partial charge in [0.25, 0.3) is 5.91 Å². The molecule has 9 heteroatoms. The summed E-state index contributed by atoms with van der Waals surface area (Å²) in [5.74, 6) is -3.77. The van der Waals surface area contributed by atoms with E-state index in [9.17, 15) is 19.2 Å². The first-order chi connectivity index (χ1) is 13.7. The van der Waals surface area contributed by atoms with Crippen LogP contribution in [0.5, 0.6) is 0 Å². The van der Waals surface area contributed by atoms with Crippen LogP contribution in [0.2, 0.25) is 10.0 Å². The Morgan fingerprint density at radius 1 is 1.14 bits per heavy atom. The molecule has 2 aromatic rings. The van der Waals surface area contributed by atoms with Crippen LogP contribution >= 0.6 is 23.2 Å². The van der Waals surface area contributed by atoms with Gasteiger partial charge in [0.05, 0.1) is 35.2 Å². The summed E-state index contributed by atoms with van der Waals surface area (Å²) in [5, 5.41) is 0.620. The molecule has 0 fully saturated rings. The molecular formula is C20H16Cl2N2O5. The third-order valence-corrected chi connectivity index (χ3v) is 5.37. The summed E-state index contributed by atoms with van der Waals surface area (Å²) < 4.78 is 4.75. The van der Waals surface area contributed by atoms with Crippen molar-refractivity contribution in [1.82, 2.24) is 4.90 Å². The highest BCUT2D eigenvalue weighted by atomic mass is 35.5. The highest BCUT2D eigenvalue weighted by Gasteiger charge is 2.41. The fraction of sp³-hybridized carbons (Fsp3) is 0.200. The molecule has 1 unspecified atom stereocenters. The van der Waals surface area contributed by atoms with Crippen LogP contribution in [0.4, 0.5) is 0 Å². The Morgan fingerprint density at radius 3 is 2.48 bits per heavy atom. The molecule has 0 saturated heterocycles. The lowest BCUT2D eigenvalue weighted by Crippen LogP contribution is -2.45. The van der Waals surface area contributed by atoms with Gasteiger partial charge in [-0.25, -0.2) is 4.79 Å². The lowest BCUT2D eigenvalue weighted by Gasteiger charge is -2.33. The van der Waals surface area contributed by atoms with Crippen LogP contribution in [0.3, 0.4) is 0 Å². The van der Waals surface area contributed by atoms with E-state index in [0.717, 1.165) is 4.90 Å². The molecule has 0 spiro atoms. The standard InChI is InChI=1S/C20H16Cl2N2O5/c1-29-20(28)12-4-2-3-11-17(12)13(8-16(23)25)19(27)24(18(11)26)9-10-5-6-14(21)15(22)7-10/h2-7,13H,8-9H2,1H3,(H2,23,25). The number of fused-ring (bicyclic) bond motifs is 1. The maximum atomic E-state index is 13.1. The third kappa shape index (κ3) is 3.97. The molecule has 0 aromatic heterocycles. The monoisotopic (exact) mass is 434 g/mol. The molecule has 29 heavy (non-hydrogen) atoms. The molecule has 1 atom stereocenters. The molecule has 3 amide bonds. The van der Waals surface area contributed by atoms with Gasteiger partial charge in [-0.3, -0.25) is 19.3 Å². The molecule has 150 valence electrons. The smallest absolute Gasteiger partial charge is 0.338 e. The van der Waals surface area contributed by atoms with Crippen molar-refractivity contribution in [2.45, 2.75) is 18.9 Å². The number of amides is 3. The molecule has 3 rings (SSSR count). The topological polar surface area (TPSA) is 107 Å². The van der Waals surface area contributed by atoms with Gasteiger partial charge in [-0.2, -0.15) is 0 Å². The molecule has 7 nitrogen and oxygen atoms in total. The van der Waals surface area contributed by atoms with Crippen LogP contribution in [0.25, 0.3) is 0 Å². The van der Waals surface area contributed by atoms with Gasteiger partial charge in [0.1, 0.15) is 0 Å². The summed E-state index contributed by atoms with van der Waals surface area (Å²) in [5.41, 5.74) is 6.24. The average Bonchev–Trinajstić information content (AvgIpc) is 2.69. The summed E-state index contributed by atoms with van der Waals surface area (Å²) in [6.07, 6.45) is -0.356. The first-order valence-corrected chi connectivity index (χ1v) is 9.29. The van der Waals surface area contributed by atoms with Gasteiger partial charge in [0.15, 0.2) is 0 Å². The van der Waals surface area contributed by atoms with E-state index < -0.39 is 29.6 Å². The maximum Gasteiger partial charge on any atom is 0.338 e. The van der Waals surface area contributed by atoms with E-state index in [1.54, 1.807) is 18.2 Å². The SMILES string of the molecule is COC(=O)c1cccc2c1C(CC(N)=O)C(=O)N(Cc1ccc(Cl)c(Cl)c1)C2=O. The number of imide groups is 1. The van der Waals surface area contributed by atoms with Gasteiger partial charge in [0, 0.05) is 12.0 Å². The lowest BCUT2D eigenvalue weighted by atomic mass is 9.82. The van der Waals surface area contributed by atoms with Crippen LogP contribution in [0.15, 0.2) is 36.4 Å². The van der Waals surface area contributed by atoms with E-state index in [-0.39, 0.29) is 34.7 Å². The van der Waals surface area contributed by atoms with Crippen molar-refractivity contribution in [3.63, 3.8) is 0 Å². The van der Waals surface area contributed by atoms with Crippen molar-refractivity contribution >= 4 is 46.9 Å². The molecule has 1 aliphatic rings. The summed E-state index contributed by atoms with van der Waals surface area (Å²) in [6.45, 7) is -0.0777. The largest absolute Gasteiger partial charge is 0.465 e. The van der Waals surface area contributed by atoms with Crippen LogP contribution in [-0.2, 0) is 20.9 Å². The van der Waals surface area contributed by atoms with Crippen LogP contribution in [0, 0.1) is 0 Å². The number of carbonyl (C=O) groups is 4. The highest BCUT2D eigenvalue weighted by Crippen LogP contribution is 2.36. The Kier molecular flexibility index (Phi) is 5.91. The number of carbonyl (C=O) groups excluding carboxylic acids is 4. The number of hydrogen-bond acceptors (Lipinski definition) is 5. The van der Waals surface area contributed by atoms with E-state index in [2.05, 4.69) is 0 Å². The second-order valence-electron chi connectivity index (χ2n) is 6.46. The molecular weight excluding hydrogens is 419 g/mol. The third-order valence-electron chi connectivity index (χ3n) is 4.63. The molecule has 2 aromatic carbocycles. The lowest BCUT2D eigenvalue weighted by molar-refractivity contribution is -0.133. The van der Waals surface area contributed by atoms with Gasteiger partial charge in [-0.15, -0.1) is 0 Å². The van der Waals surface area contributed by atoms with Crippen molar-refractivity contribution in [2.75, 3.05) is 7.11 Å². The number of rotatable bonds is 5. The van der Waals surface area contributed by atoms with E-state index in [1.165, 1.54) is 25.3 Å². The molecule has 0 aliphatic carbocycles. The molecule has 2 N–H and O–H groups in total. The normalized spacial score (nSPS) is 15.8. The molecule has 1 heterocycles. The second kappa shape index (κ2) is 8.23. The van der Waals surface area contributed by atoms with Crippen molar-refractivity contribution in [3.8, 4) is 0 Å². The maximum absolute atomic E-state index is 13.1. The van der Waals surface area contributed by atoms with E-state index >= 15 is 0 Å². The predicted octanol–water partition coefficient (Wildman–Crippen LogP) is 2.92. The highest BCUT2D eigenvalue weighted by molar-refractivity contribution is 6.42.